The fraction of sp³-hybridized carbons (Fsp3) is 0.700. The summed E-state index contributed by atoms with van der Waals surface area (Å²) in [6.07, 6.45) is 1.86. The Morgan fingerprint density at radius 1 is 1.18 bits per heavy atom. The van der Waals surface area contributed by atoms with Crippen LogP contribution in [-0.4, -0.2) is 73.4 Å². The van der Waals surface area contributed by atoms with Crippen molar-refractivity contribution in [2.75, 3.05) is 18.5 Å². The maximum absolute atomic E-state index is 14.2. The Hall–Kier alpha value is -1.78. The molecule has 10 heteroatoms. The lowest BCUT2D eigenvalue weighted by molar-refractivity contribution is -0.142. The Bertz CT molecular complexity index is 1120. The van der Waals surface area contributed by atoms with Gasteiger partial charge in [-0.05, 0) is 69.7 Å². The lowest BCUT2D eigenvalue weighted by Gasteiger charge is -2.40. The molecule has 3 aliphatic rings. The van der Waals surface area contributed by atoms with Gasteiger partial charge in [0.15, 0.2) is 0 Å². The van der Waals surface area contributed by atoms with Gasteiger partial charge in [0.05, 0.1) is 35.8 Å². The van der Waals surface area contributed by atoms with Crippen molar-refractivity contribution in [1.29, 1.82) is 0 Å². The average Bonchev–Trinajstić information content (AvgIpc) is 3.43. The maximum Gasteiger partial charge on any atom is 0.244 e. The second-order valence-corrected chi connectivity index (χ2v) is 15.9. The molecule has 0 saturated carbocycles. The number of hydrogen-bond donors (Lipinski definition) is 3. The molecule has 8 nitrogen and oxygen atoms in total. The van der Waals surface area contributed by atoms with Gasteiger partial charge in [0, 0.05) is 21.3 Å². The number of thioether (sulfide) groups is 1. The standard InChI is InChI=1S/C30H44BrN3O5S/c1-8-18(15-35)34-24(26(37)33-29(6,7)16-28(3,4)5)30-14-20(31)23(40-30)21(22(30)27(34)38)25(36)32-17-10-12-19(13-11-17)39-9-2/h10-13,18,20-24,35H,8-9,14-16H2,1-7H3,(H,32,36)(H,33,37)/t18-,20?,21-,22-,23-,24?,30?/m0/s1. The molecule has 3 fully saturated rings. The third-order valence-corrected chi connectivity index (χ3v) is 11.4. The molecule has 1 aromatic rings. The number of carbonyl (C=O) groups is 3. The van der Waals surface area contributed by atoms with Gasteiger partial charge in [0.25, 0.3) is 0 Å². The zero-order valence-corrected chi connectivity index (χ0v) is 27.0. The van der Waals surface area contributed by atoms with Crippen molar-refractivity contribution in [3.05, 3.63) is 24.3 Å². The molecular formula is C30H44BrN3O5S. The smallest absolute Gasteiger partial charge is 0.244 e. The van der Waals surface area contributed by atoms with Crippen LogP contribution in [0.3, 0.4) is 0 Å². The van der Waals surface area contributed by atoms with Crippen LogP contribution in [0.15, 0.2) is 24.3 Å². The number of amides is 3. The predicted octanol–water partition coefficient (Wildman–Crippen LogP) is 4.59. The number of anilines is 1. The number of rotatable bonds is 10. The molecule has 3 amide bonds. The van der Waals surface area contributed by atoms with Gasteiger partial charge in [-0.25, -0.2) is 0 Å². The highest BCUT2D eigenvalue weighted by Crippen LogP contribution is 2.68. The van der Waals surface area contributed by atoms with Gasteiger partial charge in [-0.3, -0.25) is 14.4 Å². The van der Waals surface area contributed by atoms with Crippen LogP contribution in [-0.2, 0) is 14.4 Å². The van der Waals surface area contributed by atoms with E-state index in [9.17, 15) is 19.5 Å². The first-order chi connectivity index (χ1) is 18.7. The summed E-state index contributed by atoms with van der Waals surface area (Å²) in [7, 11) is 0. The zero-order chi connectivity index (χ0) is 29.6. The maximum atomic E-state index is 14.2. The Kier molecular flexibility index (Phi) is 8.94. The monoisotopic (exact) mass is 637 g/mol. The quantitative estimate of drug-likeness (QED) is 0.324. The number of fused-ring (bicyclic) bond motifs is 1. The summed E-state index contributed by atoms with van der Waals surface area (Å²) >= 11 is 5.41. The second-order valence-electron chi connectivity index (χ2n) is 13.2. The van der Waals surface area contributed by atoms with E-state index in [-0.39, 0.29) is 39.8 Å². The number of benzene rings is 1. The number of nitrogens with zero attached hydrogens (tertiary/aromatic N) is 1. The van der Waals surface area contributed by atoms with Crippen molar-refractivity contribution in [3.8, 4) is 5.75 Å². The molecule has 7 atom stereocenters. The van der Waals surface area contributed by atoms with Crippen LogP contribution in [0.4, 0.5) is 5.69 Å². The predicted molar refractivity (Wildman–Crippen MR) is 163 cm³/mol. The minimum absolute atomic E-state index is 0.00853. The molecule has 3 saturated heterocycles. The van der Waals surface area contributed by atoms with Crippen molar-refractivity contribution >= 4 is 51.1 Å². The van der Waals surface area contributed by atoms with E-state index >= 15 is 0 Å². The fourth-order valence-electron chi connectivity index (χ4n) is 7.27. The molecule has 3 unspecified atom stereocenters. The summed E-state index contributed by atoms with van der Waals surface area (Å²) in [5, 5.41) is 16.4. The average molecular weight is 639 g/mol. The zero-order valence-electron chi connectivity index (χ0n) is 24.6. The van der Waals surface area contributed by atoms with E-state index in [1.165, 1.54) is 0 Å². The molecule has 3 heterocycles. The Morgan fingerprint density at radius 2 is 1.82 bits per heavy atom. The molecule has 0 radical (unpaired) electrons. The van der Waals surface area contributed by atoms with Gasteiger partial charge in [-0.2, -0.15) is 0 Å². The van der Waals surface area contributed by atoms with Gasteiger partial charge >= 0.3 is 0 Å². The van der Waals surface area contributed by atoms with Crippen LogP contribution in [0, 0.1) is 17.3 Å². The largest absolute Gasteiger partial charge is 0.494 e. The molecule has 1 aromatic carbocycles. The minimum atomic E-state index is -0.778. The summed E-state index contributed by atoms with van der Waals surface area (Å²) < 4.78 is 4.75. The van der Waals surface area contributed by atoms with Crippen LogP contribution < -0.4 is 15.4 Å². The third kappa shape index (κ3) is 5.77. The molecule has 222 valence electrons. The number of nitrogens with one attached hydrogen (secondary N) is 2. The van der Waals surface area contributed by atoms with Crippen LogP contribution >= 0.6 is 27.7 Å². The van der Waals surface area contributed by atoms with E-state index < -0.39 is 34.2 Å². The minimum Gasteiger partial charge on any atom is -0.494 e. The van der Waals surface area contributed by atoms with Crippen LogP contribution in [0.2, 0.25) is 0 Å². The SMILES string of the molecule is CCOc1ccc(NC(=O)[C@H]2[C@H]3C(=O)N([C@@H](CC)CO)C(C(=O)NC(C)(C)CC(C)(C)C)C34CC(Br)[C@@H]2S4)cc1. The third-order valence-electron chi connectivity index (χ3n) is 8.22. The second kappa shape index (κ2) is 11.5. The van der Waals surface area contributed by atoms with E-state index in [0.29, 0.717) is 25.1 Å². The van der Waals surface area contributed by atoms with E-state index in [1.807, 2.05) is 27.7 Å². The first kappa shape index (κ1) is 31.2. The fourth-order valence-corrected chi connectivity index (χ4v) is 10.9. The highest BCUT2D eigenvalue weighted by molar-refractivity contribution is 9.09. The molecule has 2 bridgehead atoms. The number of carbonyl (C=O) groups excluding carboxylic acids is 3. The summed E-state index contributed by atoms with van der Waals surface area (Å²) in [4.78, 5) is 43.8. The number of likely N-dealkylation sites (tertiary alicyclic amines) is 1. The molecule has 1 spiro atoms. The molecule has 3 N–H and O–H groups in total. The molecule has 0 aromatic heterocycles. The number of halogens is 1. The number of ether oxygens (including phenoxy) is 1. The van der Waals surface area contributed by atoms with Crippen molar-refractivity contribution in [3.63, 3.8) is 0 Å². The Balaban J connectivity index is 1.68. The number of aliphatic hydroxyl groups is 1. The van der Waals surface area contributed by atoms with E-state index in [4.69, 9.17) is 4.74 Å². The summed E-state index contributed by atoms with van der Waals surface area (Å²) in [6.45, 7) is 14.6. The highest BCUT2D eigenvalue weighted by Gasteiger charge is 2.76. The summed E-state index contributed by atoms with van der Waals surface area (Å²) in [6, 6.07) is 5.91. The van der Waals surface area contributed by atoms with Crippen LogP contribution in [0.25, 0.3) is 0 Å². The van der Waals surface area contributed by atoms with Crippen molar-refractivity contribution in [1.82, 2.24) is 10.2 Å². The number of aliphatic hydroxyl groups excluding tert-OH is 1. The molecule has 40 heavy (non-hydrogen) atoms. The van der Waals surface area contributed by atoms with E-state index in [2.05, 4.69) is 47.3 Å². The van der Waals surface area contributed by atoms with Gasteiger partial charge < -0.3 is 25.4 Å². The molecular weight excluding hydrogens is 594 g/mol. The van der Waals surface area contributed by atoms with Gasteiger partial charge in [-0.15, -0.1) is 11.8 Å². The van der Waals surface area contributed by atoms with Gasteiger partial charge in [-0.1, -0.05) is 43.6 Å². The van der Waals surface area contributed by atoms with Crippen molar-refractivity contribution < 1.29 is 24.2 Å². The first-order valence-corrected chi connectivity index (χ1v) is 16.1. The molecule has 3 aliphatic heterocycles. The van der Waals surface area contributed by atoms with E-state index in [1.54, 1.807) is 40.9 Å². The molecule has 4 rings (SSSR count). The highest BCUT2D eigenvalue weighted by atomic mass is 79.9. The normalized spacial score (nSPS) is 30.3. The van der Waals surface area contributed by atoms with Gasteiger partial charge in [0.2, 0.25) is 17.7 Å². The van der Waals surface area contributed by atoms with E-state index in [0.717, 1.165) is 12.2 Å². The summed E-state index contributed by atoms with van der Waals surface area (Å²) in [5.74, 6) is -1.19. The van der Waals surface area contributed by atoms with Gasteiger partial charge in [0.1, 0.15) is 11.8 Å². The lowest BCUT2D eigenvalue weighted by Crippen LogP contribution is -2.60. The molecule has 0 aliphatic carbocycles. The van der Waals surface area contributed by atoms with Crippen molar-refractivity contribution in [2.24, 2.45) is 17.3 Å². The topological polar surface area (TPSA) is 108 Å². The van der Waals surface area contributed by atoms with Crippen LogP contribution in [0.5, 0.6) is 5.75 Å². The lowest BCUT2D eigenvalue weighted by atomic mass is 9.70. The Morgan fingerprint density at radius 3 is 2.38 bits per heavy atom. The number of alkyl halides is 1. The van der Waals surface area contributed by atoms with Crippen LogP contribution in [0.1, 0.15) is 67.7 Å². The Labute approximate surface area is 250 Å². The summed E-state index contributed by atoms with van der Waals surface area (Å²) in [5.41, 5.74) is 0.119. The number of hydrogen-bond acceptors (Lipinski definition) is 6. The van der Waals surface area contributed by atoms with Crippen molar-refractivity contribution in [2.45, 2.75) is 100 Å². The first-order valence-electron chi connectivity index (χ1n) is 14.3.